The molecule has 0 radical (unpaired) electrons. The van der Waals surface area contributed by atoms with Crippen LogP contribution in [0.5, 0.6) is 0 Å². The van der Waals surface area contributed by atoms with Gasteiger partial charge in [0.05, 0.1) is 6.33 Å². The van der Waals surface area contributed by atoms with E-state index in [9.17, 15) is 0 Å². The zero-order valence-corrected chi connectivity index (χ0v) is 10.2. The summed E-state index contributed by atoms with van der Waals surface area (Å²) in [7, 11) is 0. The minimum atomic E-state index is 0.830. The summed E-state index contributed by atoms with van der Waals surface area (Å²) in [6, 6.07) is 8.41. The van der Waals surface area contributed by atoms with Gasteiger partial charge in [0.25, 0.3) is 0 Å². The highest BCUT2D eigenvalue weighted by atomic mass is 15.0. The number of benzene rings is 1. The molecule has 18 heavy (non-hydrogen) atoms. The van der Waals surface area contributed by atoms with E-state index in [1.165, 1.54) is 11.1 Å². The molecular weight excluding hydrogens is 224 g/mol. The van der Waals surface area contributed by atoms with Gasteiger partial charge in [-0.3, -0.25) is 4.99 Å². The van der Waals surface area contributed by atoms with Gasteiger partial charge in [-0.15, -0.1) is 0 Å². The van der Waals surface area contributed by atoms with E-state index in [1.54, 1.807) is 6.20 Å². The highest BCUT2D eigenvalue weighted by Gasteiger charge is 2.11. The van der Waals surface area contributed by atoms with E-state index in [1.807, 2.05) is 12.5 Å². The van der Waals surface area contributed by atoms with Gasteiger partial charge in [0, 0.05) is 37.6 Å². The number of hydrogen-bond acceptors (Lipinski definition) is 3. The van der Waals surface area contributed by atoms with Gasteiger partial charge in [0.15, 0.2) is 0 Å². The Morgan fingerprint density at radius 1 is 1.28 bits per heavy atom. The largest absolute Gasteiger partial charge is 0.370 e. The van der Waals surface area contributed by atoms with Crippen LogP contribution in [-0.4, -0.2) is 28.5 Å². The van der Waals surface area contributed by atoms with Crippen LogP contribution in [0, 0.1) is 0 Å². The van der Waals surface area contributed by atoms with Crippen molar-refractivity contribution in [2.45, 2.75) is 13.0 Å². The van der Waals surface area contributed by atoms with Crippen LogP contribution in [0.4, 0.5) is 0 Å². The molecule has 0 unspecified atom stereocenters. The lowest BCUT2D eigenvalue weighted by molar-refractivity contribution is 0.738. The second-order valence-corrected chi connectivity index (χ2v) is 4.40. The minimum Gasteiger partial charge on any atom is -0.370 e. The molecular formula is C14H16N4. The number of nitrogens with one attached hydrogen (secondary N) is 1. The van der Waals surface area contributed by atoms with Gasteiger partial charge in [-0.1, -0.05) is 24.3 Å². The summed E-state index contributed by atoms with van der Waals surface area (Å²) in [6.45, 7) is 2.76. The van der Waals surface area contributed by atoms with Gasteiger partial charge in [-0.05, 0) is 12.0 Å². The lowest BCUT2D eigenvalue weighted by Gasteiger charge is -2.17. The zero-order valence-electron chi connectivity index (χ0n) is 10.2. The summed E-state index contributed by atoms with van der Waals surface area (Å²) in [5.41, 5.74) is 2.47. The highest BCUT2D eigenvalue weighted by molar-refractivity contribution is 6.00. The molecule has 0 saturated heterocycles. The predicted molar refractivity (Wildman–Crippen MR) is 71.8 cm³/mol. The molecule has 1 aromatic carbocycles. The first kappa shape index (κ1) is 11.0. The number of aromatic nitrogens is 2. The van der Waals surface area contributed by atoms with Crippen molar-refractivity contribution in [2.75, 3.05) is 13.1 Å². The maximum Gasteiger partial charge on any atom is 0.128 e. The van der Waals surface area contributed by atoms with Crippen molar-refractivity contribution >= 4 is 5.84 Å². The van der Waals surface area contributed by atoms with E-state index in [2.05, 4.69) is 44.1 Å². The summed E-state index contributed by atoms with van der Waals surface area (Å²) in [6.07, 6.45) is 6.74. The molecule has 0 saturated carbocycles. The molecule has 0 amide bonds. The molecule has 0 aliphatic carbocycles. The third-order valence-corrected chi connectivity index (χ3v) is 3.08. The van der Waals surface area contributed by atoms with Crippen molar-refractivity contribution < 1.29 is 0 Å². The number of imidazole rings is 1. The number of hydrogen-bond donors (Lipinski definition) is 1. The molecule has 1 N–H and O–H groups in total. The Labute approximate surface area is 106 Å². The maximum atomic E-state index is 4.57. The van der Waals surface area contributed by atoms with Crippen LogP contribution in [0.1, 0.15) is 17.5 Å². The van der Waals surface area contributed by atoms with Crippen molar-refractivity contribution in [3.05, 3.63) is 54.1 Å². The third-order valence-electron chi connectivity index (χ3n) is 3.08. The van der Waals surface area contributed by atoms with E-state index in [-0.39, 0.29) is 0 Å². The zero-order chi connectivity index (χ0) is 12.2. The summed E-state index contributed by atoms with van der Waals surface area (Å²) in [5, 5.41) is 3.38. The summed E-state index contributed by atoms with van der Waals surface area (Å²) < 4.78 is 2.07. The second-order valence-electron chi connectivity index (χ2n) is 4.40. The van der Waals surface area contributed by atoms with Crippen molar-refractivity contribution in [1.29, 1.82) is 0 Å². The third kappa shape index (κ3) is 2.27. The molecule has 0 atom stereocenters. The Hall–Kier alpha value is -2.10. The molecule has 1 aliphatic rings. The Balaban J connectivity index is 1.92. The molecule has 1 aromatic heterocycles. The van der Waals surface area contributed by atoms with Gasteiger partial charge < -0.3 is 9.88 Å². The molecule has 0 fully saturated rings. The van der Waals surface area contributed by atoms with Crippen LogP contribution >= 0.6 is 0 Å². The molecule has 4 heteroatoms. The lowest BCUT2D eigenvalue weighted by atomic mass is 10.1. The standard InChI is InChI=1S/C14H16N4/c1-2-5-13(14-16-6-3-7-17-14)12(4-1)10-18-9-8-15-11-18/h1-2,4-5,8-9,11H,3,6-7,10H2,(H,16,17). The fourth-order valence-electron chi connectivity index (χ4n) is 2.18. The smallest absolute Gasteiger partial charge is 0.128 e. The molecule has 2 aromatic rings. The molecule has 4 nitrogen and oxygen atoms in total. The fraction of sp³-hybridized carbons (Fsp3) is 0.286. The van der Waals surface area contributed by atoms with E-state index >= 15 is 0 Å². The van der Waals surface area contributed by atoms with Crippen LogP contribution in [0.25, 0.3) is 0 Å². The van der Waals surface area contributed by atoms with Crippen LogP contribution in [-0.2, 0) is 6.54 Å². The van der Waals surface area contributed by atoms with Gasteiger partial charge in [0.2, 0.25) is 0 Å². The van der Waals surface area contributed by atoms with Crippen molar-refractivity contribution in [3.63, 3.8) is 0 Å². The number of rotatable bonds is 3. The second kappa shape index (κ2) is 5.04. The molecule has 0 bridgehead atoms. The number of amidine groups is 1. The van der Waals surface area contributed by atoms with E-state index in [0.29, 0.717) is 0 Å². The van der Waals surface area contributed by atoms with Crippen LogP contribution in [0.2, 0.25) is 0 Å². The first-order valence-electron chi connectivity index (χ1n) is 6.26. The molecule has 2 heterocycles. The van der Waals surface area contributed by atoms with Crippen molar-refractivity contribution in [1.82, 2.24) is 14.9 Å². The first-order chi connectivity index (χ1) is 8.93. The minimum absolute atomic E-state index is 0.830. The highest BCUT2D eigenvalue weighted by Crippen LogP contribution is 2.12. The van der Waals surface area contributed by atoms with Crippen LogP contribution in [0.3, 0.4) is 0 Å². The Kier molecular flexibility index (Phi) is 3.08. The number of nitrogens with zero attached hydrogens (tertiary/aromatic N) is 3. The monoisotopic (exact) mass is 240 g/mol. The van der Waals surface area contributed by atoms with Crippen molar-refractivity contribution in [2.24, 2.45) is 4.99 Å². The fourth-order valence-corrected chi connectivity index (χ4v) is 2.18. The van der Waals surface area contributed by atoms with Crippen LogP contribution in [0.15, 0.2) is 48.0 Å². The van der Waals surface area contributed by atoms with Gasteiger partial charge in [-0.25, -0.2) is 4.98 Å². The first-order valence-corrected chi connectivity index (χ1v) is 6.26. The Morgan fingerprint density at radius 3 is 3.00 bits per heavy atom. The predicted octanol–water partition coefficient (Wildman–Crippen LogP) is 1.67. The van der Waals surface area contributed by atoms with E-state index in [0.717, 1.165) is 31.9 Å². The molecule has 3 rings (SSSR count). The average molecular weight is 240 g/mol. The summed E-state index contributed by atoms with van der Waals surface area (Å²) in [4.78, 5) is 8.65. The van der Waals surface area contributed by atoms with Gasteiger partial charge in [0.1, 0.15) is 5.84 Å². The Morgan fingerprint density at radius 2 is 2.22 bits per heavy atom. The topological polar surface area (TPSA) is 42.2 Å². The normalized spacial score (nSPS) is 15.0. The SMILES string of the molecule is c1ccc(C2=NCCCN2)c(Cn2ccnc2)c1. The van der Waals surface area contributed by atoms with Crippen LogP contribution < -0.4 is 5.32 Å². The van der Waals surface area contributed by atoms with Gasteiger partial charge >= 0.3 is 0 Å². The Bertz CT molecular complexity index is 543. The van der Waals surface area contributed by atoms with Gasteiger partial charge in [-0.2, -0.15) is 0 Å². The molecule has 0 spiro atoms. The molecule has 1 aliphatic heterocycles. The quantitative estimate of drug-likeness (QED) is 0.886. The number of aliphatic imine (C=N–C) groups is 1. The molecule has 92 valence electrons. The lowest BCUT2D eigenvalue weighted by Crippen LogP contribution is -2.31. The summed E-state index contributed by atoms with van der Waals surface area (Å²) >= 11 is 0. The van der Waals surface area contributed by atoms with E-state index in [4.69, 9.17) is 0 Å². The van der Waals surface area contributed by atoms with Crippen molar-refractivity contribution in [3.8, 4) is 0 Å². The maximum absolute atomic E-state index is 4.57. The average Bonchev–Trinajstić information content (AvgIpc) is 2.93. The summed E-state index contributed by atoms with van der Waals surface area (Å²) in [5.74, 6) is 1.02. The van der Waals surface area contributed by atoms with E-state index < -0.39 is 0 Å².